The van der Waals surface area contributed by atoms with Gasteiger partial charge in [0, 0.05) is 13.1 Å². The van der Waals surface area contributed by atoms with Gasteiger partial charge in [0.2, 0.25) is 0 Å². The van der Waals surface area contributed by atoms with Crippen molar-refractivity contribution in [2.75, 3.05) is 26.2 Å². The molecule has 2 atom stereocenters. The van der Waals surface area contributed by atoms with Crippen molar-refractivity contribution in [3.63, 3.8) is 0 Å². The third-order valence-corrected chi connectivity index (χ3v) is 3.64. The molecule has 1 heterocycles. The number of amides is 2. The number of morpholine rings is 1. The molecule has 0 bridgehead atoms. The van der Waals surface area contributed by atoms with Crippen LogP contribution in [0.25, 0.3) is 0 Å². The lowest BCUT2D eigenvalue weighted by Crippen LogP contribution is -2.49. The number of rotatable bonds is 5. The number of hydrogen-bond acceptors (Lipinski definition) is 5. The van der Waals surface area contributed by atoms with Crippen molar-refractivity contribution in [1.29, 1.82) is 0 Å². The molecular weight excluding hydrogens is 331 g/mol. The number of benzene rings is 1. The molecule has 2 rings (SSSR count). The van der Waals surface area contributed by atoms with Crippen molar-refractivity contribution >= 4 is 17.8 Å². The van der Waals surface area contributed by atoms with Crippen molar-refractivity contribution in [2.45, 2.75) is 26.1 Å². The van der Waals surface area contributed by atoms with E-state index in [0.29, 0.717) is 13.1 Å². The first-order chi connectivity index (χ1) is 11.9. The van der Waals surface area contributed by atoms with Crippen LogP contribution in [0.2, 0.25) is 0 Å². The van der Waals surface area contributed by atoms with Crippen LogP contribution in [0.4, 0.5) is 4.39 Å². The zero-order valence-corrected chi connectivity index (χ0v) is 14.2. The van der Waals surface area contributed by atoms with Crippen molar-refractivity contribution < 1.29 is 28.2 Å². The zero-order chi connectivity index (χ0) is 18.4. The van der Waals surface area contributed by atoms with Crippen LogP contribution in [0.5, 0.6) is 0 Å². The Balaban J connectivity index is 1.74. The molecule has 25 heavy (non-hydrogen) atoms. The SMILES string of the molecule is C[C@@H]1CN(C(=O)COC(=O)CNC(=O)c2ccccc2F)C[C@H](C)O1. The van der Waals surface area contributed by atoms with Gasteiger partial charge in [0.05, 0.1) is 17.8 Å². The lowest BCUT2D eigenvalue weighted by atomic mass is 10.2. The third kappa shape index (κ3) is 5.53. The highest BCUT2D eigenvalue weighted by atomic mass is 19.1. The molecule has 0 spiro atoms. The van der Waals surface area contributed by atoms with Gasteiger partial charge in [0.15, 0.2) is 6.61 Å². The fourth-order valence-electron chi connectivity index (χ4n) is 2.56. The molecule has 0 aromatic heterocycles. The van der Waals surface area contributed by atoms with Crippen LogP contribution in [0, 0.1) is 5.82 Å². The molecule has 0 saturated carbocycles. The minimum atomic E-state index is -0.771. The molecule has 1 fully saturated rings. The monoisotopic (exact) mass is 352 g/mol. The Bertz CT molecular complexity index is 642. The second-order valence-electron chi connectivity index (χ2n) is 5.88. The fourth-order valence-corrected chi connectivity index (χ4v) is 2.56. The number of carbonyl (C=O) groups excluding carboxylic acids is 3. The van der Waals surface area contributed by atoms with E-state index in [4.69, 9.17) is 9.47 Å². The Morgan fingerprint density at radius 3 is 2.52 bits per heavy atom. The van der Waals surface area contributed by atoms with E-state index in [0.717, 1.165) is 6.07 Å². The van der Waals surface area contributed by atoms with Crippen molar-refractivity contribution in [1.82, 2.24) is 10.2 Å². The highest BCUT2D eigenvalue weighted by molar-refractivity contribution is 5.96. The summed E-state index contributed by atoms with van der Waals surface area (Å²) in [5.74, 6) is -2.50. The van der Waals surface area contributed by atoms with E-state index in [2.05, 4.69) is 5.32 Å². The van der Waals surface area contributed by atoms with Gasteiger partial charge in [0.1, 0.15) is 12.4 Å². The van der Waals surface area contributed by atoms with E-state index in [1.165, 1.54) is 18.2 Å². The summed E-state index contributed by atoms with van der Waals surface area (Å²) in [6.45, 7) is 3.74. The smallest absolute Gasteiger partial charge is 0.325 e. The molecule has 2 amide bonds. The van der Waals surface area contributed by atoms with Gasteiger partial charge in [-0.2, -0.15) is 0 Å². The quantitative estimate of drug-likeness (QED) is 0.790. The van der Waals surface area contributed by atoms with Gasteiger partial charge in [-0.05, 0) is 26.0 Å². The maximum absolute atomic E-state index is 13.5. The molecular formula is C17H21FN2O5. The molecule has 1 saturated heterocycles. The van der Waals surface area contributed by atoms with Gasteiger partial charge < -0.3 is 19.7 Å². The van der Waals surface area contributed by atoms with Gasteiger partial charge in [-0.1, -0.05) is 12.1 Å². The number of carbonyl (C=O) groups is 3. The van der Waals surface area contributed by atoms with E-state index in [1.807, 2.05) is 13.8 Å². The summed E-state index contributed by atoms with van der Waals surface area (Å²) in [7, 11) is 0. The van der Waals surface area contributed by atoms with E-state index in [1.54, 1.807) is 4.90 Å². The Morgan fingerprint density at radius 1 is 1.24 bits per heavy atom. The van der Waals surface area contributed by atoms with Crippen LogP contribution in [-0.2, 0) is 19.1 Å². The maximum atomic E-state index is 13.5. The normalized spacial score (nSPS) is 20.0. The zero-order valence-electron chi connectivity index (χ0n) is 14.2. The number of esters is 1. The summed E-state index contributed by atoms with van der Waals surface area (Å²) in [4.78, 5) is 37.1. The van der Waals surface area contributed by atoms with E-state index in [-0.39, 0.29) is 23.7 Å². The van der Waals surface area contributed by atoms with Crippen LogP contribution >= 0.6 is 0 Å². The van der Waals surface area contributed by atoms with Crippen LogP contribution in [0.1, 0.15) is 24.2 Å². The summed E-state index contributed by atoms with van der Waals surface area (Å²) in [6, 6.07) is 5.43. The Hall–Kier alpha value is -2.48. The number of nitrogens with one attached hydrogen (secondary N) is 1. The summed E-state index contributed by atoms with van der Waals surface area (Å²) >= 11 is 0. The molecule has 136 valence electrons. The molecule has 1 N–H and O–H groups in total. The van der Waals surface area contributed by atoms with Crippen molar-refractivity contribution in [2.24, 2.45) is 0 Å². The number of halogens is 1. The van der Waals surface area contributed by atoms with Crippen molar-refractivity contribution in [3.05, 3.63) is 35.6 Å². The second-order valence-corrected chi connectivity index (χ2v) is 5.88. The van der Waals surface area contributed by atoms with Crippen LogP contribution in [0.3, 0.4) is 0 Å². The summed E-state index contributed by atoms with van der Waals surface area (Å²) in [6.07, 6.45) is -0.160. The Kier molecular flexibility index (Phi) is 6.46. The predicted octanol–water partition coefficient (Wildman–Crippen LogP) is 0.735. The van der Waals surface area contributed by atoms with Crippen LogP contribution in [0.15, 0.2) is 24.3 Å². The molecule has 1 aliphatic rings. The summed E-state index contributed by atoms with van der Waals surface area (Å²) < 4.78 is 23.8. The Labute approximate surface area is 145 Å². The third-order valence-electron chi connectivity index (χ3n) is 3.64. The Morgan fingerprint density at radius 2 is 1.88 bits per heavy atom. The average molecular weight is 352 g/mol. The van der Waals surface area contributed by atoms with Crippen LogP contribution < -0.4 is 5.32 Å². The first-order valence-electron chi connectivity index (χ1n) is 7.98. The number of ether oxygens (including phenoxy) is 2. The molecule has 1 aromatic rings. The number of nitrogens with zero attached hydrogens (tertiary/aromatic N) is 1. The van der Waals surface area contributed by atoms with E-state index in [9.17, 15) is 18.8 Å². The molecule has 1 aromatic carbocycles. The lowest BCUT2D eigenvalue weighted by molar-refractivity contribution is -0.156. The molecule has 0 unspecified atom stereocenters. The van der Waals surface area contributed by atoms with Gasteiger partial charge in [-0.3, -0.25) is 14.4 Å². The summed E-state index contributed by atoms with van der Waals surface area (Å²) in [5, 5.41) is 2.26. The standard InChI is InChI=1S/C17H21FN2O5/c1-11-8-20(9-12(2)25-11)15(21)10-24-16(22)7-19-17(23)13-5-3-4-6-14(13)18/h3-6,11-12H,7-10H2,1-2H3,(H,19,23)/t11-,12+. The summed E-state index contributed by atoms with van der Waals surface area (Å²) in [5.41, 5.74) is -0.164. The van der Waals surface area contributed by atoms with E-state index < -0.39 is 30.8 Å². The molecule has 1 aliphatic heterocycles. The fraction of sp³-hybridized carbons (Fsp3) is 0.471. The largest absolute Gasteiger partial charge is 0.454 e. The first kappa shape index (κ1) is 18.9. The average Bonchev–Trinajstić information content (AvgIpc) is 2.57. The first-order valence-corrected chi connectivity index (χ1v) is 7.98. The predicted molar refractivity (Wildman–Crippen MR) is 86.3 cm³/mol. The van der Waals surface area contributed by atoms with Gasteiger partial charge >= 0.3 is 5.97 Å². The maximum Gasteiger partial charge on any atom is 0.325 e. The van der Waals surface area contributed by atoms with Gasteiger partial charge in [-0.15, -0.1) is 0 Å². The highest BCUT2D eigenvalue weighted by Crippen LogP contribution is 2.10. The minimum Gasteiger partial charge on any atom is -0.454 e. The second kappa shape index (κ2) is 8.57. The van der Waals surface area contributed by atoms with Crippen LogP contribution in [-0.4, -0.2) is 61.1 Å². The highest BCUT2D eigenvalue weighted by Gasteiger charge is 2.26. The number of hydrogen-bond donors (Lipinski definition) is 1. The van der Waals surface area contributed by atoms with Gasteiger partial charge in [-0.25, -0.2) is 4.39 Å². The molecule has 7 nitrogen and oxygen atoms in total. The topological polar surface area (TPSA) is 84.9 Å². The minimum absolute atomic E-state index is 0.0801. The molecule has 8 heteroatoms. The molecule has 0 aliphatic carbocycles. The van der Waals surface area contributed by atoms with Gasteiger partial charge in [0.25, 0.3) is 11.8 Å². The molecule has 0 radical (unpaired) electrons. The van der Waals surface area contributed by atoms with E-state index >= 15 is 0 Å². The van der Waals surface area contributed by atoms with Crippen molar-refractivity contribution in [3.8, 4) is 0 Å². The lowest BCUT2D eigenvalue weighted by Gasteiger charge is -2.35.